The summed E-state index contributed by atoms with van der Waals surface area (Å²) >= 11 is 0. The van der Waals surface area contributed by atoms with Crippen LogP contribution in [0.2, 0.25) is 0 Å². The Balaban J connectivity index is 2.47. The maximum atomic E-state index is 12.1. The molecule has 0 atom stereocenters. The maximum Gasteiger partial charge on any atom is 0.193 e. The van der Waals surface area contributed by atoms with E-state index >= 15 is 0 Å². The molecule has 0 unspecified atom stereocenters. The molecule has 1 aromatic carbocycles. The van der Waals surface area contributed by atoms with Crippen LogP contribution >= 0.6 is 0 Å². The third-order valence-electron chi connectivity index (χ3n) is 3.09. The molecule has 0 bridgehead atoms. The molecule has 0 amide bonds. The van der Waals surface area contributed by atoms with E-state index in [0.29, 0.717) is 22.3 Å². The first-order valence-electron chi connectivity index (χ1n) is 6.64. The van der Waals surface area contributed by atoms with Crippen LogP contribution in [-0.2, 0) is 4.74 Å². The molecule has 0 radical (unpaired) electrons. The SMILES string of the molecule is C=C(C(=N)/C(=C\CC)OC)c1cc(=O)c2ccccc2o1. The second-order valence-corrected chi connectivity index (χ2v) is 4.51. The number of nitrogens with one attached hydrogen (secondary N) is 1. The van der Waals surface area contributed by atoms with Crippen LogP contribution in [0.15, 0.2) is 58.0 Å². The van der Waals surface area contributed by atoms with E-state index in [0.717, 1.165) is 6.42 Å². The van der Waals surface area contributed by atoms with Crippen molar-refractivity contribution in [2.75, 3.05) is 7.11 Å². The molecule has 4 nitrogen and oxygen atoms in total. The van der Waals surface area contributed by atoms with Gasteiger partial charge in [-0.05, 0) is 24.6 Å². The summed E-state index contributed by atoms with van der Waals surface area (Å²) in [5.41, 5.74) is 0.754. The first-order valence-corrected chi connectivity index (χ1v) is 6.64. The summed E-state index contributed by atoms with van der Waals surface area (Å²) in [5.74, 6) is 0.695. The van der Waals surface area contributed by atoms with Gasteiger partial charge in [-0.3, -0.25) is 10.2 Å². The van der Waals surface area contributed by atoms with E-state index in [1.165, 1.54) is 13.2 Å². The van der Waals surface area contributed by atoms with Crippen molar-refractivity contribution >= 4 is 22.3 Å². The minimum absolute atomic E-state index is 0.109. The highest BCUT2D eigenvalue weighted by Crippen LogP contribution is 2.21. The van der Waals surface area contributed by atoms with Crippen molar-refractivity contribution in [3.63, 3.8) is 0 Å². The van der Waals surface area contributed by atoms with E-state index < -0.39 is 0 Å². The van der Waals surface area contributed by atoms with Crippen molar-refractivity contribution in [1.82, 2.24) is 0 Å². The average Bonchev–Trinajstić information content (AvgIpc) is 2.51. The van der Waals surface area contributed by atoms with Crippen LogP contribution in [0, 0.1) is 5.41 Å². The predicted octanol–water partition coefficient (Wildman–Crippen LogP) is 3.77. The minimum Gasteiger partial charge on any atom is -0.495 e. The van der Waals surface area contributed by atoms with E-state index in [1.54, 1.807) is 30.3 Å². The summed E-state index contributed by atoms with van der Waals surface area (Å²) < 4.78 is 10.8. The molecule has 0 spiro atoms. The largest absolute Gasteiger partial charge is 0.495 e. The smallest absolute Gasteiger partial charge is 0.193 e. The highest BCUT2D eigenvalue weighted by Gasteiger charge is 2.15. The second kappa shape index (κ2) is 6.22. The molecule has 0 fully saturated rings. The molecular weight excluding hydrogens is 266 g/mol. The zero-order chi connectivity index (χ0) is 15.4. The van der Waals surface area contributed by atoms with Crippen LogP contribution in [-0.4, -0.2) is 12.8 Å². The Labute approximate surface area is 122 Å². The number of fused-ring (bicyclic) bond motifs is 1. The van der Waals surface area contributed by atoms with Gasteiger partial charge in [0.1, 0.15) is 22.8 Å². The van der Waals surface area contributed by atoms with Crippen LogP contribution in [0.1, 0.15) is 19.1 Å². The molecule has 4 heteroatoms. The number of methoxy groups -OCH3 is 1. The Hall–Kier alpha value is -2.62. The minimum atomic E-state index is -0.153. The molecule has 2 rings (SSSR count). The number of hydrogen-bond donors (Lipinski definition) is 1. The first kappa shape index (κ1) is 14.8. The molecule has 0 aliphatic heterocycles. The third-order valence-corrected chi connectivity index (χ3v) is 3.09. The Morgan fingerprint density at radius 1 is 1.43 bits per heavy atom. The van der Waals surface area contributed by atoms with Gasteiger partial charge in [-0.1, -0.05) is 25.6 Å². The number of allylic oxidation sites excluding steroid dienone is 2. The molecule has 1 N–H and O–H groups in total. The number of para-hydroxylation sites is 1. The monoisotopic (exact) mass is 283 g/mol. The van der Waals surface area contributed by atoms with E-state index in [9.17, 15) is 4.79 Å². The third kappa shape index (κ3) is 2.94. The van der Waals surface area contributed by atoms with Gasteiger partial charge in [0.15, 0.2) is 5.43 Å². The molecular formula is C17H17NO3. The molecule has 0 aliphatic carbocycles. The van der Waals surface area contributed by atoms with Crippen molar-refractivity contribution in [3.05, 3.63) is 64.7 Å². The summed E-state index contributed by atoms with van der Waals surface area (Å²) in [6.07, 6.45) is 2.52. The van der Waals surface area contributed by atoms with Gasteiger partial charge in [-0.25, -0.2) is 0 Å². The molecule has 0 saturated heterocycles. The highest BCUT2D eigenvalue weighted by molar-refractivity contribution is 6.28. The number of rotatable bonds is 5. The fourth-order valence-corrected chi connectivity index (χ4v) is 2.00. The molecule has 2 aromatic rings. The lowest BCUT2D eigenvalue weighted by molar-refractivity contribution is 0.313. The van der Waals surface area contributed by atoms with Gasteiger partial charge < -0.3 is 9.15 Å². The normalized spacial score (nSPS) is 11.4. The van der Waals surface area contributed by atoms with Crippen LogP contribution in [0.3, 0.4) is 0 Å². The van der Waals surface area contributed by atoms with E-state index in [2.05, 4.69) is 6.58 Å². The van der Waals surface area contributed by atoms with E-state index in [-0.39, 0.29) is 16.9 Å². The quantitative estimate of drug-likeness (QED) is 0.671. The lowest BCUT2D eigenvalue weighted by Crippen LogP contribution is -2.08. The number of benzene rings is 1. The summed E-state index contributed by atoms with van der Waals surface area (Å²) in [5, 5.41) is 8.63. The Morgan fingerprint density at radius 3 is 2.81 bits per heavy atom. The van der Waals surface area contributed by atoms with E-state index in [4.69, 9.17) is 14.6 Å². The number of ether oxygens (including phenoxy) is 1. The zero-order valence-corrected chi connectivity index (χ0v) is 12.1. The van der Waals surface area contributed by atoms with Gasteiger partial charge in [0.2, 0.25) is 0 Å². The molecule has 0 aliphatic rings. The van der Waals surface area contributed by atoms with Crippen molar-refractivity contribution < 1.29 is 9.15 Å². The highest BCUT2D eigenvalue weighted by atomic mass is 16.5. The summed E-state index contributed by atoms with van der Waals surface area (Å²) in [6.45, 7) is 5.80. The zero-order valence-electron chi connectivity index (χ0n) is 12.1. The molecule has 21 heavy (non-hydrogen) atoms. The second-order valence-electron chi connectivity index (χ2n) is 4.51. The standard InChI is InChI=1S/C17H17NO3/c1-4-7-15(20-3)17(18)11(2)16-10-13(19)12-8-5-6-9-14(12)21-16/h5-10,18H,2,4H2,1,3H3/b15-7+,18-17?. The lowest BCUT2D eigenvalue weighted by atomic mass is 10.1. The van der Waals surface area contributed by atoms with Gasteiger partial charge in [-0.2, -0.15) is 0 Å². The average molecular weight is 283 g/mol. The fourth-order valence-electron chi connectivity index (χ4n) is 2.00. The Morgan fingerprint density at radius 2 is 2.14 bits per heavy atom. The van der Waals surface area contributed by atoms with Gasteiger partial charge in [0.25, 0.3) is 0 Å². The van der Waals surface area contributed by atoms with Gasteiger partial charge in [0, 0.05) is 11.6 Å². The van der Waals surface area contributed by atoms with Gasteiger partial charge >= 0.3 is 0 Å². The van der Waals surface area contributed by atoms with E-state index in [1.807, 2.05) is 6.92 Å². The first-order chi connectivity index (χ1) is 10.1. The summed E-state index contributed by atoms with van der Waals surface area (Å²) in [4.78, 5) is 12.1. The predicted molar refractivity (Wildman–Crippen MR) is 84.6 cm³/mol. The molecule has 1 aromatic heterocycles. The van der Waals surface area contributed by atoms with Crippen LogP contribution in [0.25, 0.3) is 16.5 Å². The maximum absolute atomic E-state index is 12.1. The van der Waals surface area contributed by atoms with Crippen molar-refractivity contribution in [2.45, 2.75) is 13.3 Å². The van der Waals surface area contributed by atoms with Crippen LogP contribution in [0.5, 0.6) is 0 Å². The van der Waals surface area contributed by atoms with Crippen molar-refractivity contribution in [1.29, 1.82) is 5.41 Å². The van der Waals surface area contributed by atoms with Gasteiger partial charge in [-0.15, -0.1) is 0 Å². The Kier molecular flexibility index (Phi) is 4.38. The van der Waals surface area contributed by atoms with Crippen molar-refractivity contribution in [3.8, 4) is 0 Å². The van der Waals surface area contributed by atoms with Crippen LogP contribution < -0.4 is 5.43 Å². The molecule has 108 valence electrons. The Bertz CT molecular complexity index is 784. The van der Waals surface area contributed by atoms with Crippen molar-refractivity contribution in [2.24, 2.45) is 0 Å². The van der Waals surface area contributed by atoms with Crippen LogP contribution in [0.4, 0.5) is 0 Å². The fraction of sp³-hybridized carbons (Fsp3) is 0.176. The number of hydrogen-bond acceptors (Lipinski definition) is 4. The summed E-state index contributed by atoms with van der Waals surface area (Å²) in [6, 6.07) is 8.36. The molecule has 1 heterocycles. The molecule has 0 saturated carbocycles. The topological polar surface area (TPSA) is 63.3 Å². The van der Waals surface area contributed by atoms with Gasteiger partial charge in [0.05, 0.1) is 12.5 Å². The lowest BCUT2D eigenvalue weighted by Gasteiger charge is -2.10. The summed E-state index contributed by atoms with van der Waals surface area (Å²) in [7, 11) is 1.50.